The van der Waals surface area contributed by atoms with E-state index in [4.69, 9.17) is 4.74 Å². The Morgan fingerprint density at radius 2 is 1.91 bits per heavy atom. The maximum atomic E-state index is 12.5. The van der Waals surface area contributed by atoms with E-state index in [9.17, 15) is 4.79 Å². The average Bonchev–Trinajstić information content (AvgIpc) is 2.91. The molecular weight excluding hydrogens is 276 g/mol. The van der Waals surface area contributed by atoms with Crippen molar-refractivity contribution in [2.45, 2.75) is 38.6 Å². The summed E-state index contributed by atoms with van der Waals surface area (Å²) in [6, 6.07) is 6.47. The molecule has 0 atom stereocenters. The van der Waals surface area contributed by atoms with E-state index < -0.39 is 0 Å². The summed E-state index contributed by atoms with van der Waals surface area (Å²) in [7, 11) is 0. The van der Waals surface area contributed by atoms with E-state index >= 15 is 0 Å². The lowest BCUT2D eigenvalue weighted by Gasteiger charge is -2.30. The lowest BCUT2D eigenvalue weighted by atomic mass is 9.84. The van der Waals surface area contributed by atoms with Crippen LogP contribution in [-0.2, 0) is 11.3 Å². The van der Waals surface area contributed by atoms with Crippen LogP contribution in [0.5, 0.6) is 5.75 Å². The van der Waals surface area contributed by atoms with Crippen LogP contribution < -0.4 is 9.64 Å². The van der Waals surface area contributed by atoms with Crippen LogP contribution >= 0.6 is 0 Å². The lowest BCUT2D eigenvalue weighted by molar-refractivity contribution is -0.138. The van der Waals surface area contributed by atoms with Crippen LogP contribution in [0.1, 0.15) is 37.7 Å². The Bertz CT molecular complexity index is 562. The van der Waals surface area contributed by atoms with Gasteiger partial charge in [0.1, 0.15) is 12.4 Å². The van der Waals surface area contributed by atoms with Crippen molar-refractivity contribution in [2.24, 2.45) is 5.92 Å². The van der Waals surface area contributed by atoms with E-state index in [0.717, 1.165) is 37.2 Å². The Morgan fingerprint density at radius 1 is 1.09 bits per heavy atom. The molecule has 22 heavy (non-hydrogen) atoms. The van der Waals surface area contributed by atoms with Gasteiger partial charge in [0.2, 0.25) is 5.91 Å². The summed E-state index contributed by atoms with van der Waals surface area (Å²) in [6.07, 6.45) is 5.89. The molecular formula is C18H24N2O2. The molecule has 2 aliphatic heterocycles. The second kappa shape index (κ2) is 5.82. The van der Waals surface area contributed by atoms with E-state index in [0.29, 0.717) is 25.6 Å². The number of carbonyl (C=O) groups excluding carboxylic acids is 1. The first-order valence-corrected chi connectivity index (χ1v) is 8.61. The molecule has 4 nitrogen and oxygen atoms in total. The largest absolute Gasteiger partial charge is 0.491 e. The molecule has 1 saturated carbocycles. The number of hydrogen-bond acceptors (Lipinski definition) is 3. The summed E-state index contributed by atoms with van der Waals surface area (Å²) in [5.41, 5.74) is 2.44. The highest BCUT2D eigenvalue weighted by atomic mass is 16.5. The third-order valence-electron chi connectivity index (χ3n) is 5.26. The number of hydrogen-bond donors (Lipinski definition) is 0. The minimum absolute atomic E-state index is 0.267. The molecule has 2 heterocycles. The fourth-order valence-electron chi connectivity index (χ4n) is 3.65. The molecule has 0 N–H and O–H groups in total. The number of fused-ring (bicyclic) bond motifs is 1. The number of anilines is 1. The molecule has 0 unspecified atom stereocenters. The summed E-state index contributed by atoms with van der Waals surface area (Å²) >= 11 is 0. The molecule has 4 rings (SSSR count). The molecule has 3 aliphatic rings. The Kier molecular flexibility index (Phi) is 3.68. The van der Waals surface area contributed by atoms with E-state index in [2.05, 4.69) is 23.1 Å². The topological polar surface area (TPSA) is 32.8 Å². The van der Waals surface area contributed by atoms with Crippen LogP contribution in [-0.4, -0.2) is 37.0 Å². The smallest absolute Gasteiger partial charge is 0.226 e. The van der Waals surface area contributed by atoms with E-state index in [-0.39, 0.29) is 5.92 Å². The number of nitrogens with zero attached hydrogens (tertiary/aromatic N) is 2. The average molecular weight is 300 g/mol. The van der Waals surface area contributed by atoms with Crippen LogP contribution in [0.2, 0.25) is 0 Å². The quantitative estimate of drug-likeness (QED) is 0.842. The van der Waals surface area contributed by atoms with Crippen molar-refractivity contribution in [1.29, 1.82) is 0 Å². The van der Waals surface area contributed by atoms with Gasteiger partial charge in [-0.05, 0) is 43.9 Å². The maximum absolute atomic E-state index is 12.5. The summed E-state index contributed by atoms with van der Waals surface area (Å²) in [5, 5.41) is 0. The number of rotatable bonds is 2. The molecule has 0 radical (unpaired) electrons. The van der Waals surface area contributed by atoms with E-state index in [1.807, 2.05) is 4.90 Å². The van der Waals surface area contributed by atoms with Gasteiger partial charge in [0.05, 0.1) is 6.54 Å². The predicted octanol–water partition coefficient (Wildman–Crippen LogP) is 2.81. The van der Waals surface area contributed by atoms with Gasteiger partial charge in [0, 0.05) is 36.8 Å². The summed E-state index contributed by atoms with van der Waals surface area (Å²) in [6.45, 7) is 4.30. The molecule has 1 aromatic rings. The molecule has 0 aromatic heterocycles. The van der Waals surface area contributed by atoms with Gasteiger partial charge in [-0.1, -0.05) is 6.42 Å². The Morgan fingerprint density at radius 3 is 2.64 bits per heavy atom. The van der Waals surface area contributed by atoms with Gasteiger partial charge < -0.3 is 14.5 Å². The van der Waals surface area contributed by atoms with Crippen LogP contribution in [0.25, 0.3) is 0 Å². The molecule has 0 bridgehead atoms. The summed E-state index contributed by atoms with van der Waals surface area (Å²) in [5.74, 6) is 1.55. The van der Waals surface area contributed by atoms with Crippen molar-refractivity contribution in [2.75, 3.05) is 31.1 Å². The first kappa shape index (κ1) is 13.9. The lowest BCUT2D eigenvalue weighted by Crippen LogP contribution is -2.39. The van der Waals surface area contributed by atoms with Gasteiger partial charge in [-0.3, -0.25) is 4.79 Å². The molecule has 2 fully saturated rings. The van der Waals surface area contributed by atoms with Gasteiger partial charge in [0.15, 0.2) is 0 Å². The summed E-state index contributed by atoms with van der Waals surface area (Å²) in [4.78, 5) is 17.0. The summed E-state index contributed by atoms with van der Waals surface area (Å²) < 4.78 is 5.87. The zero-order chi connectivity index (χ0) is 14.9. The predicted molar refractivity (Wildman–Crippen MR) is 86.1 cm³/mol. The minimum Gasteiger partial charge on any atom is -0.491 e. The second-order valence-electron chi connectivity index (χ2n) is 6.72. The Labute approximate surface area is 132 Å². The van der Waals surface area contributed by atoms with E-state index in [1.165, 1.54) is 24.9 Å². The molecule has 0 spiro atoms. The zero-order valence-electron chi connectivity index (χ0n) is 13.1. The fraction of sp³-hybridized carbons (Fsp3) is 0.611. The highest BCUT2D eigenvalue weighted by molar-refractivity contribution is 5.79. The monoisotopic (exact) mass is 300 g/mol. The van der Waals surface area contributed by atoms with Crippen molar-refractivity contribution in [3.05, 3.63) is 23.8 Å². The van der Waals surface area contributed by atoms with Crippen LogP contribution in [0.15, 0.2) is 18.2 Å². The number of benzene rings is 1. The van der Waals surface area contributed by atoms with Crippen molar-refractivity contribution in [3.63, 3.8) is 0 Å². The highest BCUT2D eigenvalue weighted by Crippen LogP contribution is 2.32. The second-order valence-corrected chi connectivity index (χ2v) is 6.72. The molecule has 4 heteroatoms. The van der Waals surface area contributed by atoms with Crippen molar-refractivity contribution in [3.8, 4) is 5.75 Å². The number of ether oxygens (including phenoxy) is 1. The van der Waals surface area contributed by atoms with Crippen LogP contribution in [0, 0.1) is 5.92 Å². The van der Waals surface area contributed by atoms with E-state index in [1.54, 1.807) is 0 Å². The zero-order valence-corrected chi connectivity index (χ0v) is 13.1. The fourth-order valence-corrected chi connectivity index (χ4v) is 3.65. The van der Waals surface area contributed by atoms with Crippen molar-refractivity contribution in [1.82, 2.24) is 4.90 Å². The van der Waals surface area contributed by atoms with Gasteiger partial charge >= 0.3 is 0 Å². The minimum atomic E-state index is 0.267. The first-order chi connectivity index (χ1) is 10.8. The maximum Gasteiger partial charge on any atom is 0.226 e. The number of amides is 1. The van der Waals surface area contributed by atoms with Gasteiger partial charge in [-0.15, -0.1) is 0 Å². The van der Waals surface area contributed by atoms with Gasteiger partial charge in [-0.2, -0.15) is 0 Å². The third kappa shape index (κ3) is 2.55. The normalized spacial score (nSPS) is 21.8. The van der Waals surface area contributed by atoms with Gasteiger partial charge in [0.25, 0.3) is 0 Å². The first-order valence-electron chi connectivity index (χ1n) is 8.61. The van der Waals surface area contributed by atoms with Crippen molar-refractivity contribution >= 4 is 11.6 Å². The molecule has 1 aromatic carbocycles. The van der Waals surface area contributed by atoms with Crippen molar-refractivity contribution < 1.29 is 9.53 Å². The van der Waals surface area contributed by atoms with Crippen LogP contribution in [0.3, 0.4) is 0 Å². The number of carbonyl (C=O) groups is 1. The van der Waals surface area contributed by atoms with Gasteiger partial charge in [-0.25, -0.2) is 0 Å². The Balaban J connectivity index is 1.55. The SMILES string of the molecule is O=C(C1CCC1)N1CCOc2ccc(N3CCCC3)cc2C1. The Hall–Kier alpha value is -1.71. The van der Waals surface area contributed by atoms with Crippen LogP contribution in [0.4, 0.5) is 5.69 Å². The standard InChI is InChI=1S/C18H24N2O2/c21-18(14-4-3-5-14)20-10-11-22-17-7-6-16(12-15(17)13-20)19-8-1-2-9-19/h6-7,12,14H,1-5,8-11,13H2. The highest BCUT2D eigenvalue weighted by Gasteiger charge is 2.31. The molecule has 1 amide bonds. The molecule has 1 aliphatic carbocycles. The molecule has 1 saturated heterocycles. The third-order valence-corrected chi connectivity index (χ3v) is 5.26. The molecule has 118 valence electrons.